The Morgan fingerprint density at radius 1 is 1.50 bits per heavy atom. The summed E-state index contributed by atoms with van der Waals surface area (Å²) < 4.78 is 0. The molecule has 0 aromatic carbocycles. The summed E-state index contributed by atoms with van der Waals surface area (Å²) in [5.74, 6) is 0. The minimum Gasteiger partial charge on any atom is -0.379 e. The number of aliphatic hydroxyl groups excluding tert-OH is 1. The molecule has 2 nitrogen and oxygen atoms in total. The molecular weight excluding hydrogens is 102 g/mol. The van der Waals surface area contributed by atoms with E-state index in [2.05, 4.69) is 5.32 Å². The molecule has 1 aliphatic heterocycles. The van der Waals surface area contributed by atoms with Crippen LogP contribution in [0.5, 0.6) is 0 Å². The van der Waals surface area contributed by atoms with Crippen LogP contribution in [0.25, 0.3) is 0 Å². The molecule has 1 saturated heterocycles. The van der Waals surface area contributed by atoms with Gasteiger partial charge < -0.3 is 5.11 Å². The van der Waals surface area contributed by atoms with Crippen LogP contribution in [0.15, 0.2) is 0 Å². The molecule has 0 saturated carbocycles. The molecule has 1 atom stereocenters. The van der Waals surface area contributed by atoms with Crippen molar-refractivity contribution in [2.75, 3.05) is 6.54 Å². The van der Waals surface area contributed by atoms with E-state index in [1.165, 1.54) is 0 Å². The van der Waals surface area contributed by atoms with Gasteiger partial charge in [-0.15, -0.1) is 0 Å². The van der Waals surface area contributed by atoms with Crippen LogP contribution in [0, 0.1) is 0 Å². The van der Waals surface area contributed by atoms with E-state index in [1.54, 1.807) is 0 Å². The molecule has 0 aromatic rings. The summed E-state index contributed by atoms with van der Waals surface area (Å²) in [7, 11) is 0. The Balaban J connectivity index is 0.000000222. The quantitative estimate of drug-likeness (QED) is 0.490. The Morgan fingerprint density at radius 3 is 2.25 bits per heavy atom. The van der Waals surface area contributed by atoms with Crippen molar-refractivity contribution in [3.8, 4) is 0 Å². The Labute approximate surface area is 50.9 Å². The summed E-state index contributed by atoms with van der Waals surface area (Å²) >= 11 is 0. The van der Waals surface area contributed by atoms with Crippen molar-refractivity contribution in [2.45, 2.75) is 32.9 Å². The molecule has 0 aliphatic carbocycles. The highest BCUT2D eigenvalue weighted by molar-refractivity contribution is 4.61. The number of aliphatic hydroxyl groups is 1. The first-order valence-electron chi connectivity index (χ1n) is 3.31. The minimum atomic E-state index is -0.204. The molecule has 2 N–H and O–H groups in total. The lowest BCUT2D eigenvalue weighted by atomic mass is 10.4. The van der Waals surface area contributed by atoms with Gasteiger partial charge in [0.05, 0.1) is 0 Å². The normalized spacial score (nSPS) is 26.6. The van der Waals surface area contributed by atoms with Gasteiger partial charge in [-0.05, 0) is 19.4 Å². The van der Waals surface area contributed by atoms with Gasteiger partial charge >= 0.3 is 0 Å². The maximum atomic E-state index is 8.62. The van der Waals surface area contributed by atoms with E-state index in [0.29, 0.717) is 0 Å². The first-order chi connectivity index (χ1) is 3.89. The summed E-state index contributed by atoms with van der Waals surface area (Å²) in [5, 5.41) is 11.5. The molecule has 0 aromatic heterocycles. The molecule has 0 bridgehead atoms. The lowest BCUT2D eigenvalue weighted by Gasteiger charge is -1.94. The van der Waals surface area contributed by atoms with Crippen LogP contribution in [0.3, 0.4) is 0 Å². The summed E-state index contributed by atoms with van der Waals surface area (Å²) in [6.45, 7) is 4.99. The zero-order valence-corrected chi connectivity index (χ0v) is 5.65. The SMILES string of the molecule is CC.OC1CCCN1. The Kier molecular flexibility index (Phi) is 5.01. The summed E-state index contributed by atoms with van der Waals surface area (Å²) in [5.41, 5.74) is 0. The predicted molar refractivity (Wildman–Crippen MR) is 34.6 cm³/mol. The van der Waals surface area contributed by atoms with Crippen LogP contribution < -0.4 is 5.32 Å². The van der Waals surface area contributed by atoms with E-state index in [1.807, 2.05) is 13.8 Å². The van der Waals surface area contributed by atoms with E-state index in [0.717, 1.165) is 19.4 Å². The van der Waals surface area contributed by atoms with Gasteiger partial charge in [-0.1, -0.05) is 13.8 Å². The number of rotatable bonds is 0. The lowest BCUT2D eigenvalue weighted by Crippen LogP contribution is -2.19. The molecule has 8 heavy (non-hydrogen) atoms. The fraction of sp³-hybridized carbons (Fsp3) is 1.00. The smallest absolute Gasteiger partial charge is 0.104 e. The van der Waals surface area contributed by atoms with Crippen LogP contribution in [-0.4, -0.2) is 17.9 Å². The average molecular weight is 117 g/mol. The van der Waals surface area contributed by atoms with Gasteiger partial charge in [0.15, 0.2) is 0 Å². The van der Waals surface area contributed by atoms with Gasteiger partial charge in [0.2, 0.25) is 0 Å². The van der Waals surface area contributed by atoms with Crippen molar-refractivity contribution < 1.29 is 5.11 Å². The lowest BCUT2D eigenvalue weighted by molar-refractivity contribution is 0.160. The summed E-state index contributed by atoms with van der Waals surface area (Å²) in [6.07, 6.45) is 1.85. The predicted octanol–water partition coefficient (Wildman–Crippen LogP) is 0.714. The third-order valence-corrected chi connectivity index (χ3v) is 1.03. The van der Waals surface area contributed by atoms with Gasteiger partial charge in [-0.3, -0.25) is 5.32 Å². The molecule has 2 heteroatoms. The standard InChI is InChI=1S/C4H9NO.C2H6/c6-4-2-1-3-5-4;1-2/h4-6H,1-3H2;1-2H3. The highest BCUT2D eigenvalue weighted by atomic mass is 16.3. The van der Waals surface area contributed by atoms with Crippen molar-refractivity contribution in [1.29, 1.82) is 0 Å². The van der Waals surface area contributed by atoms with Gasteiger partial charge in [0, 0.05) is 0 Å². The highest BCUT2D eigenvalue weighted by Gasteiger charge is 2.07. The monoisotopic (exact) mass is 117 g/mol. The molecule has 0 spiro atoms. The van der Waals surface area contributed by atoms with Crippen molar-refractivity contribution in [1.82, 2.24) is 5.32 Å². The Bertz CT molecular complexity index is 41.8. The topological polar surface area (TPSA) is 32.3 Å². The number of hydrogen-bond donors (Lipinski definition) is 2. The second kappa shape index (κ2) is 5.06. The maximum absolute atomic E-state index is 8.62. The van der Waals surface area contributed by atoms with Gasteiger partial charge in [0.25, 0.3) is 0 Å². The Hall–Kier alpha value is -0.0800. The number of hydrogen-bond acceptors (Lipinski definition) is 2. The molecule has 1 fully saturated rings. The molecule has 50 valence electrons. The van der Waals surface area contributed by atoms with E-state index >= 15 is 0 Å². The molecule has 1 aliphatic rings. The molecular formula is C6H15NO. The van der Waals surface area contributed by atoms with Gasteiger partial charge in [-0.2, -0.15) is 0 Å². The first kappa shape index (κ1) is 7.92. The van der Waals surface area contributed by atoms with E-state index < -0.39 is 0 Å². The second-order valence-electron chi connectivity index (χ2n) is 1.61. The first-order valence-corrected chi connectivity index (χ1v) is 3.31. The minimum absolute atomic E-state index is 0.204. The van der Waals surface area contributed by atoms with E-state index in [4.69, 9.17) is 5.11 Å². The van der Waals surface area contributed by atoms with Crippen molar-refractivity contribution >= 4 is 0 Å². The summed E-state index contributed by atoms with van der Waals surface area (Å²) in [6, 6.07) is 0. The molecule has 0 amide bonds. The van der Waals surface area contributed by atoms with Crippen molar-refractivity contribution in [3.63, 3.8) is 0 Å². The Morgan fingerprint density at radius 2 is 2.12 bits per heavy atom. The van der Waals surface area contributed by atoms with Crippen LogP contribution in [0.1, 0.15) is 26.7 Å². The fourth-order valence-electron chi connectivity index (χ4n) is 0.666. The van der Waals surface area contributed by atoms with Crippen LogP contribution in [0.4, 0.5) is 0 Å². The maximum Gasteiger partial charge on any atom is 0.104 e. The molecule has 1 heterocycles. The third-order valence-electron chi connectivity index (χ3n) is 1.03. The van der Waals surface area contributed by atoms with Crippen molar-refractivity contribution in [3.05, 3.63) is 0 Å². The van der Waals surface area contributed by atoms with Crippen LogP contribution in [0.2, 0.25) is 0 Å². The average Bonchev–Trinajstić information content (AvgIpc) is 2.24. The third kappa shape index (κ3) is 2.99. The van der Waals surface area contributed by atoms with Gasteiger partial charge in [-0.25, -0.2) is 0 Å². The zero-order chi connectivity index (χ0) is 6.41. The fourth-order valence-corrected chi connectivity index (χ4v) is 0.666. The van der Waals surface area contributed by atoms with Crippen LogP contribution in [-0.2, 0) is 0 Å². The molecule has 1 unspecified atom stereocenters. The zero-order valence-electron chi connectivity index (χ0n) is 5.65. The summed E-state index contributed by atoms with van der Waals surface area (Å²) in [4.78, 5) is 0. The highest BCUT2D eigenvalue weighted by Crippen LogP contribution is 1.98. The van der Waals surface area contributed by atoms with Crippen LogP contribution >= 0.6 is 0 Å². The van der Waals surface area contributed by atoms with E-state index in [-0.39, 0.29) is 6.23 Å². The van der Waals surface area contributed by atoms with E-state index in [9.17, 15) is 0 Å². The van der Waals surface area contributed by atoms with Crippen molar-refractivity contribution in [2.24, 2.45) is 0 Å². The van der Waals surface area contributed by atoms with Gasteiger partial charge in [0.1, 0.15) is 6.23 Å². The number of nitrogens with one attached hydrogen (secondary N) is 1. The molecule has 0 radical (unpaired) electrons. The molecule has 1 rings (SSSR count). The largest absolute Gasteiger partial charge is 0.379 e. The second-order valence-corrected chi connectivity index (χ2v) is 1.61.